The highest BCUT2D eigenvalue weighted by Crippen LogP contribution is 2.17. The Kier molecular flexibility index (Phi) is 5.39. The molecule has 5 heteroatoms. The molecule has 1 aliphatic heterocycles. The Morgan fingerprint density at radius 1 is 1.48 bits per heavy atom. The van der Waals surface area contributed by atoms with Crippen LogP contribution in [0.3, 0.4) is 0 Å². The van der Waals surface area contributed by atoms with Gasteiger partial charge in [0.05, 0.1) is 5.69 Å². The predicted octanol–water partition coefficient (Wildman–Crippen LogP) is 1.74. The fraction of sp³-hybridized carbons (Fsp3) is 0.750. The van der Waals surface area contributed by atoms with Gasteiger partial charge < -0.3 is 10.2 Å². The fourth-order valence-corrected chi connectivity index (χ4v) is 3.02. The zero-order chi connectivity index (χ0) is 15.4. The van der Waals surface area contributed by atoms with Crippen LogP contribution in [0, 0.1) is 19.8 Å². The van der Waals surface area contributed by atoms with Crippen molar-refractivity contribution in [2.45, 2.75) is 53.1 Å². The van der Waals surface area contributed by atoms with Crippen LogP contribution in [-0.2, 0) is 11.3 Å². The summed E-state index contributed by atoms with van der Waals surface area (Å²) in [5, 5.41) is 7.40. The number of hydrogen-bond donors (Lipinski definition) is 1. The van der Waals surface area contributed by atoms with E-state index in [1.165, 1.54) is 19.4 Å². The molecule has 0 radical (unpaired) electrons. The monoisotopic (exact) mass is 292 g/mol. The van der Waals surface area contributed by atoms with Crippen LogP contribution in [-0.4, -0.2) is 46.3 Å². The summed E-state index contributed by atoms with van der Waals surface area (Å²) in [6.07, 6.45) is 2.44. The molecule has 1 saturated heterocycles. The molecule has 1 aromatic heterocycles. The van der Waals surface area contributed by atoms with E-state index in [2.05, 4.69) is 29.2 Å². The van der Waals surface area contributed by atoms with Gasteiger partial charge in [-0.3, -0.25) is 9.48 Å². The van der Waals surface area contributed by atoms with Gasteiger partial charge in [0.1, 0.15) is 6.54 Å². The predicted molar refractivity (Wildman–Crippen MR) is 84.1 cm³/mol. The average Bonchev–Trinajstić information content (AvgIpc) is 2.75. The van der Waals surface area contributed by atoms with E-state index in [4.69, 9.17) is 0 Å². The number of carbonyl (C=O) groups is 1. The number of hydrogen-bond acceptors (Lipinski definition) is 3. The minimum absolute atomic E-state index is 0.0582. The summed E-state index contributed by atoms with van der Waals surface area (Å²) in [7, 11) is 0. The van der Waals surface area contributed by atoms with Gasteiger partial charge in [-0.2, -0.15) is 5.10 Å². The van der Waals surface area contributed by atoms with E-state index in [9.17, 15) is 4.79 Å². The summed E-state index contributed by atoms with van der Waals surface area (Å²) in [4.78, 5) is 14.5. The molecule has 0 spiro atoms. The van der Waals surface area contributed by atoms with Gasteiger partial charge in [-0.15, -0.1) is 0 Å². The molecule has 1 fully saturated rings. The summed E-state index contributed by atoms with van der Waals surface area (Å²) >= 11 is 0. The second kappa shape index (κ2) is 7.07. The number of nitrogens with one attached hydrogen (secondary N) is 1. The Morgan fingerprint density at radius 2 is 2.24 bits per heavy atom. The van der Waals surface area contributed by atoms with E-state index in [-0.39, 0.29) is 5.91 Å². The highest BCUT2D eigenvalue weighted by atomic mass is 16.2. The van der Waals surface area contributed by atoms with Crippen LogP contribution in [0.5, 0.6) is 0 Å². The molecule has 118 valence electrons. The molecule has 5 nitrogen and oxygen atoms in total. The summed E-state index contributed by atoms with van der Waals surface area (Å²) in [6.45, 7) is 11.8. The SMILES string of the molecule is Cc1cc(C)n(CC(=O)NCC2CCCN(C(C)C)C2)n1. The third-order valence-electron chi connectivity index (χ3n) is 4.27. The molecular weight excluding hydrogens is 264 g/mol. The van der Waals surface area contributed by atoms with Gasteiger partial charge in [0.2, 0.25) is 5.91 Å². The van der Waals surface area contributed by atoms with Crippen LogP contribution >= 0.6 is 0 Å². The molecule has 2 heterocycles. The lowest BCUT2D eigenvalue weighted by atomic mass is 9.97. The maximum atomic E-state index is 12.0. The number of likely N-dealkylation sites (tertiary alicyclic amines) is 1. The molecule has 1 aromatic rings. The molecule has 21 heavy (non-hydrogen) atoms. The van der Waals surface area contributed by atoms with E-state index in [0.29, 0.717) is 18.5 Å². The molecule has 1 unspecified atom stereocenters. The third-order valence-corrected chi connectivity index (χ3v) is 4.27. The Morgan fingerprint density at radius 3 is 2.86 bits per heavy atom. The molecular formula is C16H28N4O. The first kappa shape index (κ1) is 16.0. The second-order valence-corrected chi connectivity index (χ2v) is 6.49. The minimum atomic E-state index is 0.0582. The van der Waals surface area contributed by atoms with Crippen LogP contribution in [0.2, 0.25) is 0 Å². The first-order valence-corrected chi connectivity index (χ1v) is 7.97. The van der Waals surface area contributed by atoms with E-state index in [1.54, 1.807) is 4.68 Å². The minimum Gasteiger partial charge on any atom is -0.354 e. The second-order valence-electron chi connectivity index (χ2n) is 6.49. The third kappa shape index (κ3) is 4.56. The topological polar surface area (TPSA) is 50.2 Å². The molecule has 1 aliphatic rings. The van der Waals surface area contributed by atoms with Crippen molar-refractivity contribution in [3.8, 4) is 0 Å². The van der Waals surface area contributed by atoms with Crippen LogP contribution in [0.25, 0.3) is 0 Å². The molecule has 1 atom stereocenters. The molecule has 0 bridgehead atoms. The van der Waals surface area contributed by atoms with Crippen molar-refractivity contribution in [2.75, 3.05) is 19.6 Å². The maximum Gasteiger partial charge on any atom is 0.241 e. The standard InChI is InChI=1S/C16H28N4O/c1-12(2)19-7-5-6-15(10-19)9-17-16(21)11-20-14(4)8-13(3)18-20/h8,12,15H,5-7,9-11H2,1-4H3,(H,17,21). The summed E-state index contributed by atoms with van der Waals surface area (Å²) in [6, 6.07) is 2.59. The summed E-state index contributed by atoms with van der Waals surface area (Å²) in [5.41, 5.74) is 1.99. The number of amides is 1. The lowest BCUT2D eigenvalue weighted by molar-refractivity contribution is -0.122. The quantitative estimate of drug-likeness (QED) is 0.899. The number of piperidine rings is 1. The van der Waals surface area contributed by atoms with Crippen molar-refractivity contribution in [3.63, 3.8) is 0 Å². The van der Waals surface area contributed by atoms with Gasteiger partial charge in [-0.25, -0.2) is 0 Å². The first-order valence-electron chi connectivity index (χ1n) is 7.97. The van der Waals surface area contributed by atoms with Gasteiger partial charge in [-0.1, -0.05) is 0 Å². The van der Waals surface area contributed by atoms with Gasteiger partial charge in [0.15, 0.2) is 0 Å². The zero-order valence-corrected chi connectivity index (χ0v) is 13.7. The van der Waals surface area contributed by atoms with E-state index < -0.39 is 0 Å². The highest BCUT2D eigenvalue weighted by Gasteiger charge is 2.22. The zero-order valence-electron chi connectivity index (χ0n) is 13.7. The van der Waals surface area contributed by atoms with Crippen molar-refractivity contribution < 1.29 is 4.79 Å². The van der Waals surface area contributed by atoms with Crippen LogP contribution in [0.15, 0.2) is 6.07 Å². The van der Waals surface area contributed by atoms with Crippen LogP contribution < -0.4 is 5.32 Å². The van der Waals surface area contributed by atoms with Crippen molar-refractivity contribution in [1.82, 2.24) is 20.0 Å². The van der Waals surface area contributed by atoms with Gasteiger partial charge in [0, 0.05) is 24.8 Å². The van der Waals surface area contributed by atoms with Crippen molar-refractivity contribution >= 4 is 5.91 Å². The summed E-state index contributed by atoms with van der Waals surface area (Å²) in [5.74, 6) is 0.633. The smallest absolute Gasteiger partial charge is 0.241 e. The fourth-order valence-electron chi connectivity index (χ4n) is 3.02. The number of nitrogens with zero attached hydrogens (tertiary/aromatic N) is 3. The Hall–Kier alpha value is -1.36. The first-order chi connectivity index (χ1) is 9.95. The largest absolute Gasteiger partial charge is 0.354 e. The van der Waals surface area contributed by atoms with Crippen LogP contribution in [0.1, 0.15) is 38.1 Å². The average molecular weight is 292 g/mol. The molecule has 1 amide bonds. The number of carbonyl (C=O) groups excluding carboxylic acids is 1. The molecule has 1 N–H and O–H groups in total. The lowest BCUT2D eigenvalue weighted by Gasteiger charge is -2.35. The van der Waals surface area contributed by atoms with E-state index in [0.717, 1.165) is 24.5 Å². The number of rotatable bonds is 5. The molecule has 2 rings (SSSR count). The Bertz CT molecular complexity index is 481. The Balaban J connectivity index is 1.77. The normalized spacial score (nSPS) is 20.0. The highest BCUT2D eigenvalue weighted by molar-refractivity contribution is 5.75. The number of aromatic nitrogens is 2. The number of aryl methyl sites for hydroxylation is 2. The van der Waals surface area contributed by atoms with Gasteiger partial charge in [0.25, 0.3) is 0 Å². The van der Waals surface area contributed by atoms with Crippen LogP contribution in [0.4, 0.5) is 0 Å². The molecule has 0 aromatic carbocycles. The van der Waals surface area contributed by atoms with Gasteiger partial charge in [-0.05, 0) is 59.1 Å². The Labute approximate surface area is 127 Å². The summed E-state index contributed by atoms with van der Waals surface area (Å²) < 4.78 is 1.77. The van der Waals surface area contributed by atoms with E-state index in [1.807, 2.05) is 19.9 Å². The van der Waals surface area contributed by atoms with Crippen molar-refractivity contribution in [3.05, 3.63) is 17.5 Å². The van der Waals surface area contributed by atoms with E-state index >= 15 is 0 Å². The van der Waals surface area contributed by atoms with Crippen molar-refractivity contribution in [1.29, 1.82) is 0 Å². The lowest BCUT2D eigenvalue weighted by Crippen LogP contribution is -2.44. The van der Waals surface area contributed by atoms with Crippen molar-refractivity contribution in [2.24, 2.45) is 5.92 Å². The van der Waals surface area contributed by atoms with Gasteiger partial charge >= 0.3 is 0 Å². The molecule has 0 aliphatic carbocycles. The maximum absolute atomic E-state index is 12.0. The molecule has 0 saturated carbocycles.